The van der Waals surface area contributed by atoms with Gasteiger partial charge in [0.2, 0.25) is 0 Å². The highest BCUT2D eigenvalue weighted by Gasteiger charge is 2.14. The van der Waals surface area contributed by atoms with E-state index in [1.165, 1.54) is 22.5 Å². The molecule has 0 fully saturated rings. The molecule has 2 aromatic rings. The van der Waals surface area contributed by atoms with E-state index in [1.807, 2.05) is 6.92 Å². The lowest BCUT2D eigenvalue weighted by Crippen LogP contribution is -2.08. The zero-order valence-corrected chi connectivity index (χ0v) is 13.3. The van der Waals surface area contributed by atoms with E-state index in [9.17, 15) is 0 Å². The number of aromatic nitrogens is 3. The molecule has 98 valence electrons. The second-order valence-electron chi connectivity index (χ2n) is 4.81. The van der Waals surface area contributed by atoms with Crippen molar-refractivity contribution in [1.29, 1.82) is 0 Å². The molecule has 0 spiro atoms. The molecular weight excluding hydrogens is 290 g/mol. The van der Waals surface area contributed by atoms with E-state index in [1.54, 1.807) is 0 Å². The van der Waals surface area contributed by atoms with E-state index in [2.05, 4.69) is 64.2 Å². The molecule has 2 heterocycles. The van der Waals surface area contributed by atoms with E-state index in [0.717, 1.165) is 23.3 Å². The van der Waals surface area contributed by atoms with Gasteiger partial charge in [0, 0.05) is 18.4 Å². The van der Waals surface area contributed by atoms with Crippen LogP contribution in [-0.2, 0) is 13.1 Å². The average molecular weight is 310 g/mol. The van der Waals surface area contributed by atoms with Crippen molar-refractivity contribution in [2.75, 3.05) is 0 Å². The van der Waals surface area contributed by atoms with E-state index in [4.69, 9.17) is 0 Å². The van der Waals surface area contributed by atoms with Crippen LogP contribution in [-0.4, -0.2) is 14.3 Å². The van der Waals surface area contributed by atoms with Gasteiger partial charge in [-0.25, -0.2) is 0 Å². The van der Waals surface area contributed by atoms with E-state index >= 15 is 0 Å². The maximum Gasteiger partial charge on any atom is 0.0739 e. The van der Waals surface area contributed by atoms with E-state index < -0.39 is 0 Å². The number of rotatable bonds is 3. The molecule has 0 saturated heterocycles. The Kier molecular flexibility index (Phi) is 3.66. The van der Waals surface area contributed by atoms with Crippen molar-refractivity contribution in [3.8, 4) is 0 Å². The van der Waals surface area contributed by atoms with Crippen LogP contribution in [0, 0.1) is 27.7 Å². The van der Waals surface area contributed by atoms with Gasteiger partial charge in [0.05, 0.1) is 22.4 Å². The smallest absolute Gasteiger partial charge is 0.0739 e. The van der Waals surface area contributed by atoms with Crippen LogP contribution in [0.25, 0.3) is 0 Å². The minimum Gasteiger partial charge on any atom is -0.345 e. The molecule has 4 heteroatoms. The lowest BCUT2D eigenvalue weighted by molar-refractivity contribution is 0.593. The van der Waals surface area contributed by atoms with Crippen molar-refractivity contribution in [2.24, 2.45) is 0 Å². The van der Waals surface area contributed by atoms with Gasteiger partial charge in [-0.1, -0.05) is 0 Å². The quantitative estimate of drug-likeness (QED) is 0.846. The minimum absolute atomic E-state index is 0.871. The van der Waals surface area contributed by atoms with Gasteiger partial charge in [-0.05, 0) is 61.7 Å². The van der Waals surface area contributed by atoms with E-state index in [0.29, 0.717) is 0 Å². The lowest BCUT2D eigenvalue weighted by Gasteiger charge is -2.09. The summed E-state index contributed by atoms with van der Waals surface area (Å²) < 4.78 is 5.51. The van der Waals surface area contributed by atoms with Crippen LogP contribution in [0.5, 0.6) is 0 Å². The van der Waals surface area contributed by atoms with Gasteiger partial charge in [0.25, 0.3) is 0 Å². The maximum absolute atomic E-state index is 4.54. The van der Waals surface area contributed by atoms with Crippen LogP contribution in [0.15, 0.2) is 10.7 Å². The number of aryl methyl sites for hydroxylation is 3. The topological polar surface area (TPSA) is 22.8 Å². The Hall–Kier alpha value is -1.03. The fourth-order valence-electron chi connectivity index (χ4n) is 2.27. The van der Waals surface area contributed by atoms with Crippen LogP contribution < -0.4 is 0 Å². The molecule has 0 bridgehead atoms. The third-order valence-electron chi connectivity index (χ3n) is 3.69. The zero-order valence-electron chi connectivity index (χ0n) is 11.7. The Morgan fingerprint density at radius 3 is 2.39 bits per heavy atom. The summed E-state index contributed by atoms with van der Waals surface area (Å²) in [6.07, 6.45) is 2.22. The first-order valence-electron chi connectivity index (χ1n) is 6.30. The number of nitrogens with zero attached hydrogens (tertiary/aromatic N) is 3. The molecule has 0 unspecified atom stereocenters. The summed E-state index contributed by atoms with van der Waals surface area (Å²) in [5, 5.41) is 4.54. The van der Waals surface area contributed by atoms with Crippen LogP contribution in [0.2, 0.25) is 0 Å². The van der Waals surface area contributed by atoms with Crippen molar-refractivity contribution in [2.45, 2.75) is 47.7 Å². The highest BCUT2D eigenvalue weighted by Crippen LogP contribution is 2.24. The van der Waals surface area contributed by atoms with Gasteiger partial charge in [-0.3, -0.25) is 4.68 Å². The lowest BCUT2D eigenvalue weighted by atomic mass is 10.2. The molecule has 0 aliphatic carbocycles. The monoisotopic (exact) mass is 309 g/mol. The van der Waals surface area contributed by atoms with Crippen molar-refractivity contribution in [1.82, 2.24) is 14.3 Å². The first-order valence-corrected chi connectivity index (χ1v) is 7.09. The predicted molar refractivity (Wildman–Crippen MR) is 78.1 cm³/mol. The third-order valence-corrected chi connectivity index (χ3v) is 4.72. The van der Waals surface area contributed by atoms with Gasteiger partial charge in [0.1, 0.15) is 0 Å². The predicted octanol–water partition coefficient (Wildman–Crippen LogP) is 3.75. The summed E-state index contributed by atoms with van der Waals surface area (Å²) in [5.41, 5.74) is 6.37. The fourth-order valence-corrected chi connectivity index (χ4v) is 2.68. The Morgan fingerprint density at radius 1 is 1.22 bits per heavy atom. The SMILES string of the molecule is CCn1nc(C)c(Br)c1Cn1cc(C)c(C)c1C. The van der Waals surface area contributed by atoms with Gasteiger partial charge in [-0.2, -0.15) is 5.10 Å². The van der Waals surface area contributed by atoms with Crippen LogP contribution in [0.4, 0.5) is 0 Å². The average Bonchev–Trinajstić information content (AvgIpc) is 2.75. The summed E-state index contributed by atoms with van der Waals surface area (Å²) in [4.78, 5) is 0. The molecule has 0 N–H and O–H groups in total. The highest BCUT2D eigenvalue weighted by atomic mass is 79.9. The van der Waals surface area contributed by atoms with Crippen molar-refractivity contribution < 1.29 is 0 Å². The molecule has 0 saturated carbocycles. The summed E-state index contributed by atoms with van der Waals surface area (Å²) in [7, 11) is 0. The molecule has 0 atom stereocenters. The van der Waals surface area contributed by atoms with Crippen molar-refractivity contribution in [3.63, 3.8) is 0 Å². The Labute approximate surface area is 117 Å². The molecule has 0 amide bonds. The zero-order chi connectivity index (χ0) is 13.4. The minimum atomic E-state index is 0.871. The van der Waals surface area contributed by atoms with Gasteiger partial charge in [-0.15, -0.1) is 0 Å². The van der Waals surface area contributed by atoms with Crippen molar-refractivity contribution >= 4 is 15.9 Å². The van der Waals surface area contributed by atoms with Gasteiger partial charge in [0.15, 0.2) is 0 Å². The molecule has 2 aromatic heterocycles. The molecule has 0 aliphatic heterocycles. The van der Waals surface area contributed by atoms with E-state index in [-0.39, 0.29) is 0 Å². The standard InChI is InChI=1S/C14H20BrN3/c1-6-18-13(14(15)11(4)16-18)8-17-7-9(2)10(3)12(17)5/h7H,6,8H2,1-5H3. The second-order valence-corrected chi connectivity index (χ2v) is 5.61. The molecule has 0 aromatic carbocycles. The van der Waals surface area contributed by atoms with Gasteiger partial charge >= 0.3 is 0 Å². The molecular formula is C14H20BrN3. The summed E-state index contributed by atoms with van der Waals surface area (Å²) in [5.74, 6) is 0. The maximum atomic E-state index is 4.54. The van der Waals surface area contributed by atoms with Crippen molar-refractivity contribution in [3.05, 3.63) is 38.9 Å². The largest absolute Gasteiger partial charge is 0.345 e. The molecule has 18 heavy (non-hydrogen) atoms. The van der Waals surface area contributed by atoms with Crippen LogP contribution in [0.3, 0.4) is 0 Å². The van der Waals surface area contributed by atoms with Crippen LogP contribution >= 0.6 is 15.9 Å². The third kappa shape index (κ3) is 2.14. The molecule has 3 nitrogen and oxygen atoms in total. The first-order chi connectivity index (χ1) is 8.45. The normalized spacial score (nSPS) is 11.2. The number of halogens is 1. The first kappa shape index (κ1) is 13.4. The Morgan fingerprint density at radius 2 is 1.89 bits per heavy atom. The fraction of sp³-hybridized carbons (Fsp3) is 0.500. The molecule has 2 rings (SSSR count). The van der Waals surface area contributed by atoms with Gasteiger partial charge < -0.3 is 4.57 Å². The molecule has 0 radical (unpaired) electrons. The number of hydrogen-bond donors (Lipinski definition) is 0. The summed E-state index contributed by atoms with van der Waals surface area (Å²) >= 11 is 3.65. The summed E-state index contributed by atoms with van der Waals surface area (Å²) in [6, 6.07) is 0. The molecule has 0 aliphatic rings. The Bertz CT molecular complexity index is 578. The van der Waals surface area contributed by atoms with Crippen LogP contribution in [0.1, 0.15) is 35.1 Å². The summed E-state index contributed by atoms with van der Waals surface area (Å²) in [6.45, 7) is 12.5. The highest BCUT2D eigenvalue weighted by molar-refractivity contribution is 9.10. The second kappa shape index (κ2) is 4.92. The number of hydrogen-bond acceptors (Lipinski definition) is 1. The Balaban J connectivity index is 2.42.